The summed E-state index contributed by atoms with van der Waals surface area (Å²) in [5, 5.41) is 3.45. The van der Waals surface area contributed by atoms with E-state index in [0.717, 1.165) is 12.1 Å². The molecule has 1 aliphatic rings. The lowest BCUT2D eigenvalue weighted by molar-refractivity contribution is -0.114. The van der Waals surface area contributed by atoms with Crippen LogP contribution < -0.4 is 5.32 Å². The first-order chi connectivity index (χ1) is 9.61. The van der Waals surface area contributed by atoms with Crippen LogP contribution in [0.4, 0.5) is 5.13 Å². The summed E-state index contributed by atoms with van der Waals surface area (Å²) in [5.41, 5.74) is 3.61. The molecule has 1 aliphatic carbocycles. The molecule has 0 saturated carbocycles. The molecule has 4 heteroatoms. The highest BCUT2D eigenvalue weighted by Gasteiger charge is 2.19. The van der Waals surface area contributed by atoms with Gasteiger partial charge in [-0.05, 0) is 25.0 Å². The minimum absolute atomic E-state index is 0.0738. The maximum absolute atomic E-state index is 11.1. The lowest BCUT2D eigenvalue weighted by atomic mass is 9.90. The van der Waals surface area contributed by atoms with Crippen LogP contribution in [0, 0.1) is 6.92 Å². The SMILES string of the molecule is CC(=O)Nc1nc2c(s1)CC(c1cccc(C)c1)C=C2. The van der Waals surface area contributed by atoms with E-state index in [4.69, 9.17) is 0 Å². The van der Waals surface area contributed by atoms with E-state index in [1.807, 2.05) is 0 Å². The lowest BCUT2D eigenvalue weighted by Gasteiger charge is -2.16. The Morgan fingerprint density at radius 2 is 2.30 bits per heavy atom. The third-order valence-electron chi connectivity index (χ3n) is 3.37. The topological polar surface area (TPSA) is 42.0 Å². The summed E-state index contributed by atoms with van der Waals surface area (Å²) in [6, 6.07) is 8.62. The van der Waals surface area contributed by atoms with Gasteiger partial charge in [0, 0.05) is 17.7 Å². The van der Waals surface area contributed by atoms with E-state index in [-0.39, 0.29) is 5.91 Å². The van der Waals surface area contributed by atoms with Crippen molar-refractivity contribution in [1.82, 2.24) is 4.98 Å². The van der Waals surface area contributed by atoms with Crippen LogP contribution in [-0.4, -0.2) is 10.9 Å². The quantitative estimate of drug-likeness (QED) is 0.912. The lowest BCUT2D eigenvalue weighted by Crippen LogP contribution is -2.05. The number of fused-ring (bicyclic) bond motifs is 1. The van der Waals surface area contributed by atoms with Gasteiger partial charge in [-0.15, -0.1) is 11.3 Å². The number of nitrogens with one attached hydrogen (secondary N) is 1. The molecule has 0 saturated heterocycles. The molecule has 2 aromatic rings. The Hall–Kier alpha value is -1.94. The molecule has 3 nitrogen and oxygen atoms in total. The van der Waals surface area contributed by atoms with Crippen molar-refractivity contribution in [3.63, 3.8) is 0 Å². The Morgan fingerprint density at radius 3 is 3.05 bits per heavy atom. The Labute approximate surface area is 122 Å². The third-order valence-corrected chi connectivity index (χ3v) is 4.38. The molecule has 1 atom stereocenters. The van der Waals surface area contributed by atoms with Crippen LogP contribution in [0.15, 0.2) is 30.3 Å². The smallest absolute Gasteiger partial charge is 0.223 e. The van der Waals surface area contributed by atoms with Crippen molar-refractivity contribution in [2.45, 2.75) is 26.2 Å². The van der Waals surface area contributed by atoms with Crippen LogP contribution in [0.2, 0.25) is 0 Å². The number of benzene rings is 1. The van der Waals surface area contributed by atoms with Gasteiger partial charge in [-0.3, -0.25) is 4.79 Å². The molecule has 0 spiro atoms. The van der Waals surface area contributed by atoms with Crippen LogP contribution in [-0.2, 0) is 11.2 Å². The van der Waals surface area contributed by atoms with Gasteiger partial charge >= 0.3 is 0 Å². The second kappa shape index (κ2) is 5.21. The van der Waals surface area contributed by atoms with E-state index in [0.29, 0.717) is 11.0 Å². The maximum Gasteiger partial charge on any atom is 0.223 e. The highest BCUT2D eigenvalue weighted by Crippen LogP contribution is 2.35. The second-order valence-electron chi connectivity index (χ2n) is 5.09. The molecule has 1 aromatic heterocycles. The normalized spacial score (nSPS) is 16.8. The zero-order valence-electron chi connectivity index (χ0n) is 11.5. The summed E-state index contributed by atoms with van der Waals surface area (Å²) in [6.45, 7) is 3.62. The summed E-state index contributed by atoms with van der Waals surface area (Å²) >= 11 is 1.57. The van der Waals surface area contributed by atoms with E-state index >= 15 is 0 Å². The molecule has 1 aromatic carbocycles. The molecule has 0 fully saturated rings. The van der Waals surface area contributed by atoms with Crippen LogP contribution in [0.5, 0.6) is 0 Å². The Bertz CT molecular complexity index is 688. The zero-order chi connectivity index (χ0) is 14.1. The van der Waals surface area contributed by atoms with Gasteiger partial charge in [0.05, 0.1) is 5.69 Å². The molecular formula is C16H16N2OS. The molecule has 3 rings (SSSR count). The van der Waals surface area contributed by atoms with Crippen molar-refractivity contribution >= 4 is 28.5 Å². The number of aryl methyl sites for hydroxylation is 1. The molecule has 0 bridgehead atoms. The number of allylic oxidation sites excluding steroid dienone is 1. The average Bonchev–Trinajstić information content (AvgIpc) is 2.78. The molecule has 20 heavy (non-hydrogen) atoms. The highest BCUT2D eigenvalue weighted by molar-refractivity contribution is 7.16. The number of aromatic nitrogens is 1. The van der Waals surface area contributed by atoms with Gasteiger partial charge in [0.1, 0.15) is 0 Å². The van der Waals surface area contributed by atoms with Gasteiger partial charge in [-0.1, -0.05) is 35.9 Å². The number of amides is 1. The number of rotatable bonds is 2. The third kappa shape index (κ3) is 2.65. The summed E-state index contributed by atoms with van der Waals surface area (Å²) in [7, 11) is 0. The molecule has 1 amide bonds. The summed E-state index contributed by atoms with van der Waals surface area (Å²) in [6.07, 6.45) is 5.22. The van der Waals surface area contributed by atoms with Gasteiger partial charge < -0.3 is 5.32 Å². The summed E-state index contributed by atoms with van der Waals surface area (Å²) in [4.78, 5) is 16.8. The van der Waals surface area contributed by atoms with Crippen molar-refractivity contribution in [2.24, 2.45) is 0 Å². The first-order valence-corrected chi connectivity index (χ1v) is 7.45. The molecular weight excluding hydrogens is 268 g/mol. The monoisotopic (exact) mass is 284 g/mol. The first kappa shape index (κ1) is 13.1. The van der Waals surface area contributed by atoms with Crippen LogP contribution >= 0.6 is 11.3 Å². The average molecular weight is 284 g/mol. The number of carbonyl (C=O) groups excluding carboxylic acids is 1. The van der Waals surface area contributed by atoms with Crippen molar-refractivity contribution in [2.75, 3.05) is 5.32 Å². The van der Waals surface area contributed by atoms with E-state index in [1.165, 1.54) is 22.9 Å². The number of nitrogens with zero attached hydrogens (tertiary/aromatic N) is 1. The summed E-state index contributed by atoms with van der Waals surface area (Å²) in [5.74, 6) is 0.323. The Balaban J connectivity index is 1.85. The van der Waals surface area contributed by atoms with Gasteiger partial charge in [0.25, 0.3) is 0 Å². The largest absolute Gasteiger partial charge is 0.302 e. The first-order valence-electron chi connectivity index (χ1n) is 6.64. The minimum atomic E-state index is -0.0738. The standard InChI is InChI=1S/C16H16N2OS/c1-10-4-3-5-12(8-10)13-6-7-14-15(9-13)20-16(18-14)17-11(2)19/h3-8,13H,9H2,1-2H3,(H,17,18,19). The molecule has 102 valence electrons. The molecule has 1 heterocycles. The van der Waals surface area contributed by atoms with E-state index in [1.54, 1.807) is 11.3 Å². The number of thiazole rings is 1. The molecule has 1 unspecified atom stereocenters. The number of anilines is 1. The number of hydrogen-bond donors (Lipinski definition) is 1. The molecule has 1 N–H and O–H groups in total. The van der Waals surface area contributed by atoms with Gasteiger partial charge in [0.15, 0.2) is 5.13 Å². The van der Waals surface area contributed by atoms with E-state index in [2.05, 4.69) is 53.6 Å². The van der Waals surface area contributed by atoms with Crippen LogP contribution in [0.1, 0.15) is 34.5 Å². The van der Waals surface area contributed by atoms with Crippen molar-refractivity contribution in [3.8, 4) is 0 Å². The van der Waals surface area contributed by atoms with Crippen LogP contribution in [0.25, 0.3) is 6.08 Å². The predicted octanol–water partition coefficient (Wildman–Crippen LogP) is 3.76. The highest BCUT2D eigenvalue weighted by atomic mass is 32.1. The van der Waals surface area contributed by atoms with Gasteiger partial charge in [-0.2, -0.15) is 0 Å². The van der Waals surface area contributed by atoms with Gasteiger partial charge in [0.2, 0.25) is 5.91 Å². The van der Waals surface area contributed by atoms with E-state index in [9.17, 15) is 4.79 Å². The zero-order valence-corrected chi connectivity index (χ0v) is 12.3. The number of hydrogen-bond acceptors (Lipinski definition) is 3. The minimum Gasteiger partial charge on any atom is -0.302 e. The Kier molecular flexibility index (Phi) is 3.40. The van der Waals surface area contributed by atoms with E-state index < -0.39 is 0 Å². The maximum atomic E-state index is 11.1. The van der Waals surface area contributed by atoms with Crippen molar-refractivity contribution < 1.29 is 4.79 Å². The fourth-order valence-electron chi connectivity index (χ4n) is 2.45. The fourth-order valence-corrected chi connectivity index (χ4v) is 3.50. The van der Waals surface area contributed by atoms with Crippen molar-refractivity contribution in [1.29, 1.82) is 0 Å². The Morgan fingerprint density at radius 1 is 1.45 bits per heavy atom. The second-order valence-corrected chi connectivity index (χ2v) is 6.18. The van der Waals surface area contributed by atoms with Gasteiger partial charge in [-0.25, -0.2) is 4.98 Å². The summed E-state index contributed by atoms with van der Waals surface area (Å²) < 4.78 is 0. The van der Waals surface area contributed by atoms with Crippen LogP contribution in [0.3, 0.4) is 0 Å². The van der Waals surface area contributed by atoms with Crippen molar-refractivity contribution in [3.05, 3.63) is 52.0 Å². The fraction of sp³-hybridized carbons (Fsp3) is 0.250. The number of carbonyl (C=O) groups is 1. The molecule has 0 aliphatic heterocycles. The predicted molar refractivity (Wildman–Crippen MR) is 83.1 cm³/mol. The molecule has 0 radical (unpaired) electrons.